The summed E-state index contributed by atoms with van der Waals surface area (Å²) in [6.07, 6.45) is 3.20. The summed E-state index contributed by atoms with van der Waals surface area (Å²) in [5, 5.41) is 1.53. The smallest absolute Gasteiger partial charge is 0.262 e. The maximum absolute atomic E-state index is 12.7. The third-order valence-corrected chi connectivity index (χ3v) is 8.26. The number of aromatic nitrogens is 2. The molecule has 7 heteroatoms. The molecule has 0 saturated heterocycles. The molecule has 0 spiro atoms. The van der Waals surface area contributed by atoms with Crippen molar-refractivity contribution < 1.29 is 4.21 Å². The molecule has 0 amide bonds. The van der Waals surface area contributed by atoms with E-state index in [4.69, 9.17) is 4.98 Å². The van der Waals surface area contributed by atoms with Gasteiger partial charge >= 0.3 is 0 Å². The van der Waals surface area contributed by atoms with Crippen LogP contribution < -0.4 is 5.56 Å². The summed E-state index contributed by atoms with van der Waals surface area (Å²) in [5.74, 6) is 1.21. The Morgan fingerprint density at radius 1 is 1.28 bits per heavy atom. The lowest BCUT2D eigenvalue weighted by Gasteiger charge is -2.07. The van der Waals surface area contributed by atoms with E-state index in [-0.39, 0.29) is 5.56 Å². The quantitative estimate of drug-likeness (QED) is 0.495. The molecule has 1 aromatic carbocycles. The van der Waals surface area contributed by atoms with Gasteiger partial charge in [0.05, 0.1) is 16.2 Å². The van der Waals surface area contributed by atoms with Crippen molar-refractivity contribution in [3.63, 3.8) is 0 Å². The molecule has 0 saturated carbocycles. The molecule has 1 aliphatic rings. The fourth-order valence-corrected chi connectivity index (χ4v) is 6.69. The maximum Gasteiger partial charge on any atom is 0.262 e. The monoisotopic (exact) mass is 390 g/mol. The summed E-state index contributed by atoms with van der Waals surface area (Å²) >= 11 is 3.17. The number of rotatable bonds is 5. The van der Waals surface area contributed by atoms with E-state index in [1.165, 1.54) is 22.2 Å². The van der Waals surface area contributed by atoms with Crippen molar-refractivity contribution in [2.75, 3.05) is 11.5 Å². The Morgan fingerprint density at radius 2 is 2.08 bits per heavy atom. The predicted molar refractivity (Wildman–Crippen MR) is 105 cm³/mol. The van der Waals surface area contributed by atoms with E-state index in [1.807, 2.05) is 30.3 Å². The van der Waals surface area contributed by atoms with Crippen LogP contribution in [0.1, 0.15) is 16.9 Å². The predicted octanol–water partition coefficient (Wildman–Crippen LogP) is 3.38. The lowest BCUT2D eigenvalue weighted by molar-refractivity contribution is 0.684. The third kappa shape index (κ3) is 3.20. The highest BCUT2D eigenvalue weighted by Crippen LogP contribution is 2.35. The van der Waals surface area contributed by atoms with Crippen LogP contribution in [0.15, 0.2) is 45.2 Å². The van der Waals surface area contributed by atoms with Crippen molar-refractivity contribution in [2.45, 2.75) is 29.3 Å². The van der Waals surface area contributed by atoms with Gasteiger partial charge in [-0.1, -0.05) is 30.0 Å². The maximum atomic E-state index is 12.7. The average molecular weight is 391 g/mol. The molecule has 0 N–H and O–H groups in total. The Hall–Kier alpha value is -1.44. The number of aryl methyl sites for hydroxylation is 2. The van der Waals surface area contributed by atoms with E-state index in [0.29, 0.717) is 16.7 Å². The van der Waals surface area contributed by atoms with Crippen LogP contribution in [-0.2, 0) is 30.7 Å². The molecule has 0 bridgehead atoms. The summed E-state index contributed by atoms with van der Waals surface area (Å²) in [5.41, 5.74) is 1.27. The Labute approximate surface area is 156 Å². The van der Waals surface area contributed by atoms with Crippen LogP contribution in [0.3, 0.4) is 0 Å². The van der Waals surface area contributed by atoms with Crippen molar-refractivity contribution in [3.05, 3.63) is 51.1 Å². The molecule has 0 unspecified atom stereocenters. The number of thioether (sulfide) groups is 1. The van der Waals surface area contributed by atoms with Gasteiger partial charge in [0.2, 0.25) is 0 Å². The van der Waals surface area contributed by atoms with Crippen molar-refractivity contribution in [2.24, 2.45) is 7.05 Å². The van der Waals surface area contributed by atoms with Gasteiger partial charge in [-0.2, -0.15) is 0 Å². The van der Waals surface area contributed by atoms with Crippen LogP contribution >= 0.6 is 23.1 Å². The van der Waals surface area contributed by atoms with E-state index in [0.717, 1.165) is 34.4 Å². The molecule has 1 aliphatic carbocycles. The number of benzene rings is 1. The van der Waals surface area contributed by atoms with Crippen LogP contribution in [0.4, 0.5) is 0 Å². The zero-order valence-corrected chi connectivity index (χ0v) is 16.3. The van der Waals surface area contributed by atoms with Gasteiger partial charge in [-0.25, -0.2) is 4.98 Å². The first-order chi connectivity index (χ1) is 12.1. The van der Waals surface area contributed by atoms with E-state index in [2.05, 4.69) is 0 Å². The molecule has 0 radical (unpaired) electrons. The minimum absolute atomic E-state index is 0.0519. The first-order valence-electron chi connectivity index (χ1n) is 8.22. The lowest BCUT2D eigenvalue weighted by Crippen LogP contribution is -2.20. The Balaban J connectivity index is 1.53. The van der Waals surface area contributed by atoms with Crippen LogP contribution in [0.25, 0.3) is 10.2 Å². The minimum Gasteiger partial charge on any atom is -0.290 e. The molecule has 4 nitrogen and oxygen atoms in total. The van der Waals surface area contributed by atoms with Gasteiger partial charge in [0.1, 0.15) is 4.83 Å². The fourth-order valence-electron chi connectivity index (χ4n) is 3.13. The topological polar surface area (TPSA) is 52.0 Å². The number of hydrogen-bond donors (Lipinski definition) is 0. The molecule has 2 aromatic heterocycles. The van der Waals surface area contributed by atoms with E-state index in [9.17, 15) is 9.00 Å². The summed E-state index contributed by atoms with van der Waals surface area (Å²) in [6.45, 7) is 0. The molecule has 4 rings (SSSR count). The minimum atomic E-state index is -1.02. The summed E-state index contributed by atoms with van der Waals surface area (Å²) < 4.78 is 13.9. The summed E-state index contributed by atoms with van der Waals surface area (Å²) in [7, 11) is 0.761. The second-order valence-electron chi connectivity index (χ2n) is 6.01. The standard InChI is InChI=1S/C18H18N2O2S3/c1-20-17(21)15-13-8-5-9-14(13)24-16(15)19-18(20)23-10-11-25(22)12-6-3-2-4-7-12/h2-4,6-7H,5,8-11H2,1H3/t25-/m1/s1. The molecular formula is C18H18N2O2S3. The Bertz CT molecular complexity index is 1010. The molecule has 3 aromatic rings. The highest BCUT2D eigenvalue weighted by Gasteiger charge is 2.22. The van der Waals surface area contributed by atoms with Crippen LogP contribution in [-0.4, -0.2) is 25.3 Å². The van der Waals surface area contributed by atoms with Gasteiger partial charge < -0.3 is 0 Å². The molecular weight excluding hydrogens is 372 g/mol. The summed E-state index contributed by atoms with van der Waals surface area (Å²) in [6, 6.07) is 9.48. The molecule has 1 atom stereocenters. The second-order valence-corrected chi connectivity index (χ2v) is 9.72. The fraction of sp³-hybridized carbons (Fsp3) is 0.333. The molecule has 25 heavy (non-hydrogen) atoms. The van der Waals surface area contributed by atoms with Gasteiger partial charge in [0, 0.05) is 28.3 Å². The van der Waals surface area contributed by atoms with Crippen LogP contribution in [0.5, 0.6) is 0 Å². The first-order valence-corrected chi connectivity index (χ1v) is 11.3. The van der Waals surface area contributed by atoms with Crippen molar-refractivity contribution in [3.8, 4) is 0 Å². The van der Waals surface area contributed by atoms with Gasteiger partial charge in [-0.05, 0) is 37.0 Å². The van der Waals surface area contributed by atoms with Crippen molar-refractivity contribution >= 4 is 44.1 Å². The largest absolute Gasteiger partial charge is 0.290 e. The first kappa shape index (κ1) is 17.0. The van der Waals surface area contributed by atoms with Gasteiger partial charge in [0.15, 0.2) is 5.16 Å². The normalized spacial score (nSPS) is 14.8. The second kappa shape index (κ2) is 7.05. The van der Waals surface area contributed by atoms with Gasteiger partial charge in [-0.3, -0.25) is 13.6 Å². The number of fused-ring (bicyclic) bond motifs is 3. The Morgan fingerprint density at radius 3 is 2.88 bits per heavy atom. The molecule has 2 heterocycles. The Kier molecular flexibility index (Phi) is 4.80. The number of nitrogens with zero attached hydrogens (tertiary/aromatic N) is 2. The van der Waals surface area contributed by atoms with Gasteiger partial charge in [-0.15, -0.1) is 11.3 Å². The van der Waals surface area contributed by atoms with Crippen LogP contribution in [0, 0.1) is 0 Å². The average Bonchev–Trinajstić information content (AvgIpc) is 3.20. The van der Waals surface area contributed by atoms with E-state index in [1.54, 1.807) is 23.0 Å². The van der Waals surface area contributed by atoms with E-state index < -0.39 is 10.8 Å². The van der Waals surface area contributed by atoms with Gasteiger partial charge in [0.25, 0.3) is 5.56 Å². The van der Waals surface area contributed by atoms with Crippen molar-refractivity contribution in [1.29, 1.82) is 0 Å². The van der Waals surface area contributed by atoms with Crippen molar-refractivity contribution in [1.82, 2.24) is 9.55 Å². The summed E-state index contributed by atoms with van der Waals surface area (Å²) in [4.78, 5) is 20.5. The molecule has 130 valence electrons. The number of hydrogen-bond acceptors (Lipinski definition) is 5. The lowest BCUT2D eigenvalue weighted by atomic mass is 10.2. The molecule has 0 fully saturated rings. The highest BCUT2D eigenvalue weighted by molar-refractivity contribution is 8.00. The zero-order valence-electron chi connectivity index (χ0n) is 13.9. The zero-order chi connectivity index (χ0) is 17.4. The SMILES string of the molecule is Cn1c(SCC[S@@](=O)c2ccccc2)nc2sc3c(c2c1=O)CCC3. The third-order valence-electron chi connectivity index (χ3n) is 4.41. The van der Waals surface area contributed by atoms with Crippen LogP contribution in [0.2, 0.25) is 0 Å². The highest BCUT2D eigenvalue weighted by atomic mass is 32.2. The van der Waals surface area contributed by atoms with E-state index >= 15 is 0 Å². The number of thiophene rings is 1. The molecule has 0 aliphatic heterocycles.